The summed E-state index contributed by atoms with van der Waals surface area (Å²) in [4.78, 5) is 9.17. The monoisotopic (exact) mass is 575 g/mol. The Balaban J connectivity index is 1.45. The lowest BCUT2D eigenvalue weighted by molar-refractivity contribution is 0.462. The summed E-state index contributed by atoms with van der Waals surface area (Å²) < 4.78 is 8.33. The van der Waals surface area contributed by atoms with Crippen LogP contribution in [0.15, 0.2) is 42.7 Å². The van der Waals surface area contributed by atoms with Crippen LogP contribution in [0.5, 0.6) is 11.5 Å². The second-order valence-electron chi connectivity index (χ2n) is 8.52. The van der Waals surface area contributed by atoms with Gasteiger partial charge in [0, 0.05) is 53.3 Å². The molecule has 33 heavy (non-hydrogen) atoms. The van der Waals surface area contributed by atoms with Gasteiger partial charge in [-0.2, -0.15) is 0 Å². The predicted molar refractivity (Wildman–Crippen MR) is 147 cm³/mol. The van der Waals surface area contributed by atoms with Crippen LogP contribution in [0.1, 0.15) is 44.7 Å². The topological polar surface area (TPSA) is 82.9 Å². The second kappa shape index (κ2) is 11.8. The Bertz CT molecular complexity index is 1110. The zero-order chi connectivity index (χ0) is 23.0. The third-order valence-electron chi connectivity index (χ3n) is 5.70. The highest BCUT2D eigenvalue weighted by Gasteiger charge is 2.15. The zero-order valence-electron chi connectivity index (χ0n) is 18.8. The van der Waals surface area contributed by atoms with Gasteiger partial charge in [0.05, 0.1) is 15.9 Å². The first-order chi connectivity index (χ1) is 16.1. The molecule has 3 N–H and O–H groups in total. The summed E-state index contributed by atoms with van der Waals surface area (Å²) in [5.74, 6) is 2.02. The third-order valence-corrected chi connectivity index (χ3v) is 8.15. The van der Waals surface area contributed by atoms with E-state index in [-0.39, 0.29) is 0 Å². The summed E-state index contributed by atoms with van der Waals surface area (Å²) in [6, 6.07) is 10.3. The summed E-state index contributed by atoms with van der Waals surface area (Å²) in [6.45, 7) is 3.06. The summed E-state index contributed by atoms with van der Waals surface area (Å²) in [7, 11) is 0. The molecule has 1 saturated carbocycles. The van der Waals surface area contributed by atoms with Gasteiger partial charge in [0.25, 0.3) is 0 Å². The molecule has 1 fully saturated rings. The molecule has 4 rings (SSSR count). The largest absolute Gasteiger partial charge is 0.457 e. The summed E-state index contributed by atoms with van der Waals surface area (Å²) >= 11 is 4.06. The molecule has 1 atom stereocenters. The van der Waals surface area contributed by atoms with Crippen molar-refractivity contribution in [3.05, 3.63) is 48.4 Å². The van der Waals surface area contributed by atoms with Gasteiger partial charge in [0.1, 0.15) is 11.5 Å². The smallest absolute Gasteiger partial charge is 0.184 e. The number of alkyl halides is 1. The average Bonchev–Trinajstić information content (AvgIpc) is 3.24. The molecule has 0 amide bonds. The standard InChI is InChI=1S/C25H30IN5OS/c1-17(13-26)15-28-16-18(14-27)23-11-21(9-10-29-23)32-20-7-8-22-24(12-20)33-25(31-22)30-19-5-3-2-4-6-19/h7-12,14,16-17,19,27-28H,2-6,13,15H2,1H3,(H,30,31)/b18-16+,27-14?. The van der Waals surface area contributed by atoms with E-state index in [0.29, 0.717) is 23.4 Å². The lowest BCUT2D eigenvalue weighted by Crippen LogP contribution is -2.21. The number of benzene rings is 1. The number of halogens is 1. The number of hydrogen-bond donors (Lipinski definition) is 3. The van der Waals surface area contributed by atoms with Gasteiger partial charge in [-0.3, -0.25) is 4.98 Å². The van der Waals surface area contributed by atoms with E-state index in [1.807, 2.05) is 36.5 Å². The molecule has 3 aromatic rings. The normalized spacial score (nSPS) is 15.9. The first-order valence-corrected chi connectivity index (χ1v) is 13.8. The fourth-order valence-electron chi connectivity index (χ4n) is 3.83. The molecule has 1 aromatic carbocycles. The van der Waals surface area contributed by atoms with Crippen LogP contribution in [0.4, 0.5) is 5.13 Å². The summed E-state index contributed by atoms with van der Waals surface area (Å²) in [5.41, 5.74) is 2.41. The van der Waals surface area contributed by atoms with Crippen molar-refractivity contribution in [3.63, 3.8) is 0 Å². The van der Waals surface area contributed by atoms with Crippen molar-refractivity contribution < 1.29 is 4.74 Å². The number of rotatable bonds is 10. The molecular formula is C25H30IN5OS. The minimum Gasteiger partial charge on any atom is -0.457 e. The first kappa shape index (κ1) is 23.9. The van der Waals surface area contributed by atoms with E-state index < -0.39 is 0 Å². The minimum absolute atomic E-state index is 0.542. The highest BCUT2D eigenvalue weighted by molar-refractivity contribution is 14.1. The van der Waals surface area contributed by atoms with Gasteiger partial charge < -0.3 is 20.8 Å². The molecule has 0 radical (unpaired) electrons. The third kappa shape index (κ3) is 6.66. The quantitative estimate of drug-likeness (QED) is 0.140. The van der Waals surface area contributed by atoms with Crippen LogP contribution < -0.4 is 15.4 Å². The van der Waals surface area contributed by atoms with Gasteiger partial charge in [-0.1, -0.05) is 60.1 Å². The Morgan fingerprint density at radius 3 is 2.85 bits per heavy atom. The van der Waals surface area contributed by atoms with Crippen LogP contribution in [-0.2, 0) is 0 Å². The SMILES string of the molecule is CC(CI)CN/C=C(\C=N)c1cc(Oc2ccc3nc(NC4CCCCC4)sc3c2)ccn1. The molecule has 174 valence electrons. The molecule has 0 bridgehead atoms. The van der Waals surface area contributed by atoms with Crippen molar-refractivity contribution in [2.75, 3.05) is 16.3 Å². The molecule has 0 saturated heterocycles. The number of allylic oxidation sites excluding steroid dienone is 1. The maximum atomic E-state index is 7.78. The van der Waals surface area contributed by atoms with Gasteiger partial charge >= 0.3 is 0 Å². The highest BCUT2D eigenvalue weighted by atomic mass is 127. The van der Waals surface area contributed by atoms with E-state index in [1.54, 1.807) is 17.5 Å². The number of anilines is 1. The van der Waals surface area contributed by atoms with Gasteiger partial charge in [-0.25, -0.2) is 4.98 Å². The number of thiazole rings is 1. The summed E-state index contributed by atoms with van der Waals surface area (Å²) in [5, 5.41) is 15.7. The molecule has 0 aliphatic heterocycles. The van der Waals surface area contributed by atoms with Gasteiger partial charge in [0.2, 0.25) is 0 Å². The van der Waals surface area contributed by atoms with Crippen molar-refractivity contribution in [2.24, 2.45) is 5.92 Å². The maximum absolute atomic E-state index is 7.78. The van der Waals surface area contributed by atoms with Crippen molar-refractivity contribution in [3.8, 4) is 11.5 Å². The Labute approximate surface area is 212 Å². The van der Waals surface area contributed by atoms with E-state index in [2.05, 4.69) is 45.1 Å². The Morgan fingerprint density at radius 2 is 2.06 bits per heavy atom. The number of nitrogens with one attached hydrogen (secondary N) is 3. The fraction of sp³-hybridized carbons (Fsp3) is 0.400. The molecule has 0 spiro atoms. The van der Waals surface area contributed by atoms with Crippen LogP contribution in [0.3, 0.4) is 0 Å². The highest BCUT2D eigenvalue weighted by Crippen LogP contribution is 2.33. The fourth-order valence-corrected chi connectivity index (χ4v) is 5.12. The molecule has 1 aliphatic rings. The van der Waals surface area contributed by atoms with Crippen molar-refractivity contribution >= 4 is 61.1 Å². The Morgan fingerprint density at radius 1 is 1.24 bits per heavy atom. The second-order valence-corrected chi connectivity index (χ2v) is 10.4. The maximum Gasteiger partial charge on any atom is 0.184 e. The number of ether oxygens (including phenoxy) is 1. The van der Waals surface area contributed by atoms with Crippen LogP contribution >= 0.6 is 33.9 Å². The summed E-state index contributed by atoms with van der Waals surface area (Å²) in [6.07, 6.45) is 11.3. The number of fused-ring (bicyclic) bond motifs is 1. The van der Waals surface area contributed by atoms with E-state index >= 15 is 0 Å². The van der Waals surface area contributed by atoms with Crippen molar-refractivity contribution in [1.82, 2.24) is 15.3 Å². The van der Waals surface area contributed by atoms with E-state index in [4.69, 9.17) is 15.1 Å². The van der Waals surface area contributed by atoms with Crippen LogP contribution in [-0.4, -0.2) is 33.2 Å². The molecule has 2 aromatic heterocycles. The van der Waals surface area contributed by atoms with Crippen LogP contribution in [0.2, 0.25) is 0 Å². The average molecular weight is 576 g/mol. The van der Waals surface area contributed by atoms with Crippen molar-refractivity contribution in [2.45, 2.75) is 45.1 Å². The lowest BCUT2D eigenvalue weighted by Gasteiger charge is -2.22. The molecule has 1 unspecified atom stereocenters. The van der Waals surface area contributed by atoms with E-state index in [1.165, 1.54) is 38.3 Å². The molecule has 8 heteroatoms. The molecule has 1 aliphatic carbocycles. The van der Waals surface area contributed by atoms with Gasteiger partial charge in [-0.15, -0.1) is 0 Å². The molecule has 6 nitrogen and oxygen atoms in total. The van der Waals surface area contributed by atoms with Crippen LogP contribution in [0.25, 0.3) is 15.8 Å². The lowest BCUT2D eigenvalue weighted by atomic mass is 9.96. The predicted octanol–water partition coefficient (Wildman–Crippen LogP) is 6.88. The van der Waals surface area contributed by atoms with Crippen molar-refractivity contribution in [1.29, 1.82) is 5.41 Å². The number of pyridine rings is 1. The first-order valence-electron chi connectivity index (χ1n) is 11.5. The van der Waals surface area contributed by atoms with Gasteiger partial charge in [-0.05, 0) is 37.0 Å². The van der Waals surface area contributed by atoms with Gasteiger partial charge in [0.15, 0.2) is 5.13 Å². The molecular weight excluding hydrogens is 545 g/mol. The Kier molecular flexibility index (Phi) is 8.55. The Hall–Kier alpha value is -2.20. The number of nitrogens with zero attached hydrogens (tertiary/aromatic N) is 2. The van der Waals surface area contributed by atoms with E-state index in [9.17, 15) is 0 Å². The molecule has 2 heterocycles. The van der Waals surface area contributed by atoms with E-state index in [0.717, 1.165) is 37.6 Å². The minimum atomic E-state index is 0.542. The number of hydrogen-bond acceptors (Lipinski definition) is 7. The number of aromatic nitrogens is 2. The zero-order valence-corrected chi connectivity index (χ0v) is 21.8. The van der Waals surface area contributed by atoms with Crippen LogP contribution in [0, 0.1) is 11.3 Å².